The molecule has 0 radical (unpaired) electrons. The molecule has 0 amide bonds. The number of hydrogen-bond donors (Lipinski definition) is 0. The Morgan fingerprint density at radius 2 is 1.64 bits per heavy atom. The topological polar surface area (TPSA) is 26.3 Å². The third kappa shape index (κ3) is 3.97. The summed E-state index contributed by atoms with van der Waals surface area (Å²) in [5.74, 6) is 0.0384. The maximum absolute atomic E-state index is 12.2. The Morgan fingerprint density at radius 1 is 1.00 bits per heavy atom. The maximum atomic E-state index is 12.2. The van der Waals surface area contributed by atoms with Gasteiger partial charge in [-0.05, 0) is 50.5 Å². The van der Waals surface area contributed by atoms with E-state index in [9.17, 15) is 4.79 Å². The average Bonchev–Trinajstić information content (AvgIpc) is 2.45. The van der Waals surface area contributed by atoms with Crippen LogP contribution in [0.3, 0.4) is 0 Å². The van der Waals surface area contributed by atoms with Crippen LogP contribution >= 0.6 is 0 Å². The molecule has 0 aliphatic rings. The summed E-state index contributed by atoms with van der Waals surface area (Å²) in [5, 5.41) is 0. The van der Waals surface area contributed by atoms with Crippen LogP contribution in [0.25, 0.3) is 0 Å². The predicted octanol–water partition coefficient (Wildman–Crippen LogP) is 5.10. The van der Waals surface area contributed by atoms with Crippen molar-refractivity contribution in [2.75, 3.05) is 0 Å². The van der Waals surface area contributed by atoms with E-state index in [2.05, 4.69) is 25.1 Å². The van der Waals surface area contributed by atoms with Crippen molar-refractivity contribution in [2.24, 2.45) is 0 Å². The lowest BCUT2D eigenvalue weighted by Gasteiger charge is -2.21. The molecule has 2 aromatic carbocycles. The summed E-state index contributed by atoms with van der Waals surface area (Å²) in [6.45, 7) is 9.78. The first kappa shape index (κ1) is 16.3. The summed E-state index contributed by atoms with van der Waals surface area (Å²) in [4.78, 5) is 12.2. The third-order valence-electron chi connectivity index (χ3n) is 3.67. The van der Waals surface area contributed by atoms with Gasteiger partial charge in [-0.3, -0.25) is 0 Å². The first-order valence-electron chi connectivity index (χ1n) is 7.67. The van der Waals surface area contributed by atoms with E-state index in [0.29, 0.717) is 11.5 Å². The largest absolute Gasteiger partial charge is 0.456 e. The minimum absolute atomic E-state index is 0.260. The zero-order chi connectivity index (χ0) is 16.3. The molecule has 0 N–H and O–H groups in total. The Kier molecular flexibility index (Phi) is 4.70. The summed E-state index contributed by atoms with van der Waals surface area (Å²) in [6.07, 6.45) is 0. The SMILES string of the molecule is Cc1cc(C(C)c2ccccc2)ccc1C(=O)OC(C)(C)C. The van der Waals surface area contributed by atoms with Gasteiger partial charge >= 0.3 is 5.97 Å². The minimum atomic E-state index is -0.473. The summed E-state index contributed by atoms with van der Waals surface area (Å²) in [5.41, 5.74) is 3.59. The van der Waals surface area contributed by atoms with E-state index in [0.717, 1.165) is 5.56 Å². The van der Waals surface area contributed by atoms with E-state index in [1.165, 1.54) is 11.1 Å². The van der Waals surface area contributed by atoms with Gasteiger partial charge in [0.2, 0.25) is 0 Å². The van der Waals surface area contributed by atoms with Gasteiger partial charge in [-0.15, -0.1) is 0 Å². The number of rotatable bonds is 3. The number of ether oxygens (including phenoxy) is 1. The molecule has 0 spiro atoms. The minimum Gasteiger partial charge on any atom is -0.456 e. The van der Waals surface area contributed by atoms with Crippen LogP contribution in [0.1, 0.15) is 60.7 Å². The Labute approximate surface area is 133 Å². The molecule has 2 aromatic rings. The lowest BCUT2D eigenvalue weighted by Crippen LogP contribution is -2.24. The van der Waals surface area contributed by atoms with Gasteiger partial charge in [0.25, 0.3) is 0 Å². The van der Waals surface area contributed by atoms with Crippen molar-refractivity contribution >= 4 is 5.97 Å². The fraction of sp³-hybridized carbons (Fsp3) is 0.350. The molecule has 0 saturated heterocycles. The molecule has 2 heteroatoms. The number of carbonyl (C=O) groups is 1. The predicted molar refractivity (Wildman–Crippen MR) is 90.3 cm³/mol. The van der Waals surface area contributed by atoms with Crippen LogP contribution in [0.5, 0.6) is 0 Å². The lowest BCUT2D eigenvalue weighted by atomic mass is 9.91. The Bertz CT molecular complexity index is 651. The molecule has 1 unspecified atom stereocenters. The molecule has 2 nitrogen and oxygen atoms in total. The fourth-order valence-electron chi connectivity index (χ4n) is 2.45. The second-order valence-electron chi connectivity index (χ2n) is 6.71. The highest BCUT2D eigenvalue weighted by atomic mass is 16.6. The van der Waals surface area contributed by atoms with E-state index in [1.807, 2.05) is 58.0 Å². The van der Waals surface area contributed by atoms with Crippen molar-refractivity contribution in [3.63, 3.8) is 0 Å². The van der Waals surface area contributed by atoms with Crippen molar-refractivity contribution < 1.29 is 9.53 Å². The second-order valence-corrected chi connectivity index (χ2v) is 6.71. The number of benzene rings is 2. The van der Waals surface area contributed by atoms with Gasteiger partial charge in [0.15, 0.2) is 0 Å². The van der Waals surface area contributed by atoms with Crippen molar-refractivity contribution in [3.8, 4) is 0 Å². The van der Waals surface area contributed by atoms with E-state index in [1.54, 1.807) is 0 Å². The van der Waals surface area contributed by atoms with Crippen LogP contribution in [0, 0.1) is 6.92 Å². The molecule has 0 aliphatic carbocycles. The number of carbonyl (C=O) groups excluding carboxylic acids is 1. The molecule has 116 valence electrons. The maximum Gasteiger partial charge on any atom is 0.338 e. The Morgan fingerprint density at radius 3 is 2.18 bits per heavy atom. The van der Waals surface area contributed by atoms with Crippen LogP contribution in [-0.4, -0.2) is 11.6 Å². The fourth-order valence-corrected chi connectivity index (χ4v) is 2.45. The van der Waals surface area contributed by atoms with Crippen molar-refractivity contribution in [3.05, 3.63) is 70.8 Å². The summed E-state index contributed by atoms with van der Waals surface area (Å²) in [7, 11) is 0. The smallest absolute Gasteiger partial charge is 0.338 e. The van der Waals surface area contributed by atoms with Gasteiger partial charge in [0.05, 0.1) is 5.56 Å². The number of esters is 1. The van der Waals surface area contributed by atoms with Crippen LogP contribution in [-0.2, 0) is 4.74 Å². The molecule has 1 atom stereocenters. The third-order valence-corrected chi connectivity index (χ3v) is 3.67. The molecule has 0 aliphatic heterocycles. The standard InChI is InChI=1S/C20H24O2/c1-14-13-17(15(2)16-9-7-6-8-10-16)11-12-18(14)19(21)22-20(3,4)5/h6-13,15H,1-5H3. The highest BCUT2D eigenvalue weighted by Crippen LogP contribution is 2.26. The van der Waals surface area contributed by atoms with Gasteiger partial charge in [0.1, 0.15) is 5.60 Å². The monoisotopic (exact) mass is 296 g/mol. The molecule has 0 heterocycles. The van der Waals surface area contributed by atoms with Crippen LogP contribution in [0.15, 0.2) is 48.5 Å². The summed E-state index contributed by atoms with van der Waals surface area (Å²) in [6, 6.07) is 16.3. The van der Waals surface area contributed by atoms with Crippen molar-refractivity contribution in [2.45, 2.75) is 46.1 Å². The van der Waals surface area contributed by atoms with Crippen LogP contribution in [0.2, 0.25) is 0 Å². The summed E-state index contributed by atoms with van der Waals surface area (Å²) >= 11 is 0. The zero-order valence-corrected chi connectivity index (χ0v) is 14.0. The lowest BCUT2D eigenvalue weighted by molar-refractivity contribution is 0.00687. The summed E-state index contributed by atoms with van der Waals surface area (Å²) < 4.78 is 5.45. The van der Waals surface area contributed by atoms with E-state index >= 15 is 0 Å². The van der Waals surface area contributed by atoms with Crippen LogP contribution < -0.4 is 0 Å². The Hall–Kier alpha value is -2.09. The Balaban J connectivity index is 2.25. The van der Waals surface area contributed by atoms with Gasteiger partial charge in [0, 0.05) is 5.92 Å². The second kappa shape index (κ2) is 6.35. The first-order chi connectivity index (χ1) is 10.3. The molecule has 2 rings (SSSR count). The van der Waals surface area contributed by atoms with Gasteiger partial charge in [-0.25, -0.2) is 4.79 Å². The first-order valence-corrected chi connectivity index (χ1v) is 7.67. The van der Waals surface area contributed by atoms with Crippen molar-refractivity contribution in [1.29, 1.82) is 0 Å². The molecule has 0 bridgehead atoms. The molecule has 0 saturated carbocycles. The van der Waals surface area contributed by atoms with E-state index in [4.69, 9.17) is 4.74 Å². The molecular weight excluding hydrogens is 272 g/mol. The normalized spacial score (nSPS) is 12.8. The highest BCUT2D eigenvalue weighted by molar-refractivity contribution is 5.91. The van der Waals surface area contributed by atoms with Gasteiger partial charge in [-0.1, -0.05) is 49.4 Å². The molecular formula is C20H24O2. The van der Waals surface area contributed by atoms with E-state index < -0.39 is 5.60 Å². The quantitative estimate of drug-likeness (QED) is 0.736. The van der Waals surface area contributed by atoms with E-state index in [-0.39, 0.29) is 5.97 Å². The number of hydrogen-bond acceptors (Lipinski definition) is 2. The molecule has 22 heavy (non-hydrogen) atoms. The van der Waals surface area contributed by atoms with Gasteiger partial charge in [-0.2, -0.15) is 0 Å². The molecule has 0 fully saturated rings. The van der Waals surface area contributed by atoms with Gasteiger partial charge < -0.3 is 4.74 Å². The van der Waals surface area contributed by atoms with Crippen LogP contribution in [0.4, 0.5) is 0 Å². The molecule has 0 aromatic heterocycles. The van der Waals surface area contributed by atoms with Crippen molar-refractivity contribution in [1.82, 2.24) is 0 Å². The average molecular weight is 296 g/mol. The zero-order valence-electron chi connectivity index (χ0n) is 14.0. The highest BCUT2D eigenvalue weighted by Gasteiger charge is 2.20. The number of aryl methyl sites for hydroxylation is 1.